The number of nitrogens with one attached hydrogen (secondary N) is 3. The van der Waals surface area contributed by atoms with Gasteiger partial charge in [0.1, 0.15) is 23.0 Å². The summed E-state index contributed by atoms with van der Waals surface area (Å²) in [4.78, 5) is 24.1. The van der Waals surface area contributed by atoms with Crippen LogP contribution in [-0.4, -0.2) is 32.6 Å². The number of aryl methyl sites for hydroxylation is 1. The van der Waals surface area contributed by atoms with Crippen LogP contribution in [-0.2, 0) is 0 Å². The number of aliphatic hydroxyl groups excluding tert-OH is 1. The Kier molecular flexibility index (Phi) is 6.41. The van der Waals surface area contributed by atoms with Gasteiger partial charge < -0.3 is 20.7 Å². The fraction of sp³-hybridized carbons (Fsp3) is 0.125. The molecule has 4 N–H and O–H groups in total. The van der Waals surface area contributed by atoms with Crippen LogP contribution >= 0.6 is 0 Å². The monoisotopic (exact) mass is 449 g/mol. The highest BCUT2D eigenvalue weighted by atomic mass is 19.1. The van der Waals surface area contributed by atoms with Gasteiger partial charge in [-0.2, -0.15) is 0 Å². The molecule has 9 heteroatoms. The lowest BCUT2D eigenvalue weighted by molar-refractivity contribution is 0.0911. The number of carbonyl (C=O) groups is 1. The lowest BCUT2D eigenvalue weighted by Gasteiger charge is -2.16. The van der Waals surface area contributed by atoms with E-state index in [0.29, 0.717) is 16.8 Å². The van der Waals surface area contributed by atoms with E-state index < -0.39 is 23.6 Å². The molecule has 0 aliphatic heterocycles. The zero-order valence-electron chi connectivity index (χ0n) is 17.6. The molecule has 0 saturated carbocycles. The van der Waals surface area contributed by atoms with Crippen molar-refractivity contribution in [1.29, 1.82) is 0 Å². The van der Waals surface area contributed by atoms with Gasteiger partial charge in [0, 0.05) is 18.0 Å². The molecule has 0 spiro atoms. The quantitative estimate of drug-likeness (QED) is 0.338. The fourth-order valence-corrected chi connectivity index (χ4v) is 3.34. The minimum absolute atomic E-state index is 0.0104. The number of halogens is 2. The Morgan fingerprint density at radius 2 is 1.85 bits per heavy atom. The molecule has 33 heavy (non-hydrogen) atoms. The number of benzene rings is 2. The standard InChI is InChI=1S/C24H21F2N5O2/c1-14-11-28-24(31-22-17(25)8-5-9-18(22)26)30-21(14)16-10-19(27-12-16)23(33)29-20(13-32)15-6-3-2-4-7-15/h2-12,20,27,32H,13H2,1H3,(H,29,33)(H,28,30,31)/t20-/m1/s1. The van der Waals surface area contributed by atoms with Crippen molar-refractivity contribution in [3.8, 4) is 11.3 Å². The topological polar surface area (TPSA) is 103 Å². The van der Waals surface area contributed by atoms with Crippen molar-refractivity contribution in [3.63, 3.8) is 0 Å². The highest BCUT2D eigenvalue weighted by molar-refractivity contribution is 5.94. The number of carbonyl (C=O) groups excluding carboxylic acids is 1. The van der Waals surface area contributed by atoms with Crippen LogP contribution in [0.1, 0.15) is 27.7 Å². The Morgan fingerprint density at radius 3 is 2.55 bits per heavy atom. The lowest BCUT2D eigenvalue weighted by Crippen LogP contribution is -2.30. The van der Waals surface area contributed by atoms with Crippen molar-refractivity contribution in [2.75, 3.05) is 11.9 Å². The van der Waals surface area contributed by atoms with Crippen molar-refractivity contribution >= 4 is 17.5 Å². The molecule has 7 nitrogen and oxygen atoms in total. The normalized spacial score (nSPS) is 11.8. The maximum Gasteiger partial charge on any atom is 0.268 e. The predicted octanol–water partition coefficient (Wildman–Crippen LogP) is 4.27. The number of para-hydroxylation sites is 1. The summed E-state index contributed by atoms with van der Waals surface area (Å²) in [5.74, 6) is -1.92. The highest BCUT2D eigenvalue weighted by Gasteiger charge is 2.18. The summed E-state index contributed by atoms with van der Waals surface area (Å²) < 4.78 is 27.9. The Labute approximate surface area is 188 Å². The molecule has 2 aromatic carbocycles. The Balaban J connectivity index is 1.55. The molecule has 2 heterocycles. The van der Waals surface area contributed by atoms with Gasteiger partial charge in [-0.3, -0.25) is 4.79 Å². The second-order valence-electron chi connectivity index (χ2n) is 7.37. The van der Waals surface area contributed by atoms with E-state index in [1.807, 2.05) is 30.3 Å². The van der Waals surface area contributed by atoms with E-state index in [9.17, 15) is 18.7 Å². The number of hydrogen-bond acceptors (Lipinski definition) is 5. The van der Waals surface area contributed by atoms with Gasteiger partial charge in [-0.1, -0.05) is 36.4 Å². The maximum absolute atomic E-state index is 14.0. The molecule has 0 saturated heterocycles. The van der Waals surface area contributed by atoms with Gasteiger partial charge in [0.2, 0.25) is 5.95 Å². The first-order valence-corrected chi connectivity index (χ1v) is 10.2. The van der Waals surface area contributed by atoms with Crippen LogP contribution < -0.4 is 10.6 Å². The van der Waals surface area contributed by atoms with Crippen molar-refractivity contribution in [2.45, 2.75) is 13.0 Å². The molecule has 0 unspecified atom stereocenters. The first kappa shape index (κ1) is 22.1. The number of anilines is 2. The molecule has 1 amide bonds. The summed E-state index contributed by atoms with van der Waals surface area (Å²) in [5, 5.41) is 15.0. The molecule has 1 atom stereocenters. The van der Waals surface area contributed by atoms with E-state index in [1.165, 1.54) is 12.3 Å². The first-order valence-electron chi connectivity index (χ1n) is 10.2. The Bertz CT molecular complexity index is 1260. The van der Waals surface area contributed by atoms with Crippen LogP contribution in [0.25, 0.3) is 11.3 Å². The average Bonchev–Trinajstić information content (AvgIpc) is 3.32. The second kappa shape index (κ2) is 9.58. The Morgan fingerprint density at radius 1 is 1.12 bits per heavy atom. The van der Waals surface area contributed by atoms with Gasteiger partial charge in [-0.25, -0.2) is 18.7 Å². The van der Waals surface area contributed by atoms with E-state index in [4.69, 9.17) is 0 Å². The number of aromatic amines is 1. The number of hydrogen-bond donors (Lipinski definition) is 4. The van der Waals surface area contributed by atoms with Crippen molar-refractivity contribution < 1.29 is 18.7 Å². The largest absolute Gasteiger partial charge is 0.394 e. The summed E-state index contributed by atoms with van der Waals surface area (Å²) >= 11 is 0. The van der Waals surface area contributed by atoms with Crippen LogP contribution in [0, 0.1) is 18.6 Å². The summed E-state index contributed by atoms with van der Waals surface area (Å²) in [6.07, 6.45) is 3.13. The zero-order valence-corrected chi connectivity index (χ0v) is 17.6. The molecule has 0 bridgehead atoms. The minimum Gasteiger partial charge on any atom is -0.394 e. The molecule has 168 valence electrons. The fourth-order valence-electron chi connectivity index (χ4n) is 3.34. The van der Waals surface area contributed by atoms with Crippen LogP contribution in [0.2, 0.25) is 0 Å². The van der Waals surface area contributed by atoms with Crippen molar-refractivity contribution in [3.05, 3.63) is 95.4 Å². The second-order valence-corrected chi connectivity index (χ2v) is 7.37. The average molecular weight is 449 g/mol. The molecule has 0 aliphatic carbocycles. The van der Waals surface area contributed by atoms with Crippen LogP contribution in [0.15, 0.2) is 67.0 Å². The van der Waals surface area contributed by atoms with Crippen LogP contribution in [0.5, 0.6) is 0 Å². The smallest absolute Gasteiger partial charge is 0.268 e. The van der Waals surface area contributed by atoms with Gasteiger partial charge in [-0.15, -0.1) is 0 Å². The number of aromatic nitrogens is 3. The number of amides is 1. The highest BCUT2D eigenvalue weighted by Crippen LogP contribution is 2.26. The molecule has 2 aromatic heterocycles. The molecular weight excluding hydrogens is 428 g/mol. The summed E-state index contributed by atoms with van der Waals surface area (Å²) in [6, 6.07) is 13.7. The van der Waals surface area contributed by atoms with Crippen LogP contribution in [0.3, 0.4) is 0 Å². The molecule has 0 radical (unpaired) electrons. The summed E-state index contributed by atoms with van der Waals surface area (Å²) in [7, 11) is 0. The van der Waals surface area contributed by atoms with Crippen LogP contribution in [0.4, 0.5) is 20.4 Å². The van der Waals surface area contributed by atoms with Crippen molar-refractivity contribution in [1.82, 2.24) is 20.3 Å². The van der Waals surface area contributed by atoms with Gasteiger partial charge in [0.25, 0.3) is 5.91 Å². The number of nitrogens with zero attached hydrogens (tertiary/aromatic N) is 2. The SMILES string of the molecule is Cc1cnc(Nc2c(F)cccc2F)nc1-c1c[nH]c(C(=O)N[C@H](CO)c2ccccc2)c1. The molecule has 4 rings (SSSR count). The van der Waals surface area contributed by atoms with Gasteiger partial charge >= 0.3 is 0 Å². The Hall–Kier alpha value is -4.11. The number of H-pyrrole nitrogens is 1. The number of rotatable bonds is 7. The molecular formula is C24H21F2N5O2. The van der Waals surface area contributed by atoms with E-state index in [-0.39, 0.29) is 23.9 Å². The third-order valence-electron chi connectivity index (χ3n) is 5.06. The zero-order chi connectivity index (χ0) is 23.4. The lowest BCUT2D eigenvalue weighted by atomic mass is 10.1. The summed E-state index contributed by atoms with van der Waals surface area (Å²) in [5.41, 5.74) is 2.49. The molecule has 0 fully saturated rings. The number of aliphatic hydroxyl groups is 1. The van der Waals surface area contributed by atoms with Crippen molar-refractivity contribution in [2.24, 2.45) is 0 Å². The third-order valence-corrected chi connectivity index (χ3v) is 5.06. The van der Waals surface area contributed by atoms with E-state index >= 15 is 0 Å². The van der Waals surface area contributed by atoms with Gasteiger partial charge in [-0.05, 0) is 36.2 Å². The first-order chi connectivity index (χ1) is 16.0. The maximum atomic E-state index is 14.0. The van der Waals surface area contributed by atoms with Gasteiger partial charge in [0.05, 0.1) is 18.3 Å². The molecule has 4 aromatic rings. The predicted molar refractivity (Wildman–Crippen MR) is 120 cm³/mol. The molecule has 0 aliphatic rings. The summed E-state index contributed by atoms with van der Waals surface area (Å²) in [6.45, 7) is 1.53. The third kappa shape index (κ3) is 4.88. The minimum atomic E-state index is -0.766. The van der Waals surface area contributed by atoms with E-state index in [0.717, 1.165) is 17.7 Å². The van der Waals surface area contributed by atoms with Gasteiger partial charge in [0.15, 0.2) is 0 Å². The van der Waals surface area contributed by atoms with E-state index in [1.54, 1.807) is 19.2 Å². The van der Waals surface area contributed by atoms with E-state index in [2.05, 4.69) is 25.6 Å².